The summed E-state index contributed by atoms with van der Waals surface area (Å²) in [6, 6.07) is -0.462. The fraction of sp³-hybridized carbons (Fsp3) is 0.667. The Balaban J connectivity index is 2.17. The smallest absolute Gasteiger partial charge is 0.329 e. The molecule has 0 bridgehead atoms. The van der Waals surface area contributed by atoms with Crippen molar-refractivity contribution in [3.8, 4) is 0 Å². The summed E-state index contributed by atoms with van der Waals surface area (Å²) in [5.74, 6) is -0.970. The zero-order chi connectivity index (χ0) is 13.6. The van der Waals surface area contributed by atoms with E-state index in [1.54, 1.807) is 0 Å². The molecular weight excluding hydrogens is 236 g/mol. The minimum Gasteiger partial charge on any atom is -0.480 e. The van der Waals surface area contributed by atoms with Gasteiger partial charge < -0.3 is 20.5 Å². The fourth-order valence-electron chi connectivity index (χ4n) is 1.67. The third-order valence-corrected chi connectivity index (χ3v) is 2.85. The largest absolute Gasteiger partial charge is 0.480 e. The number of hydrogen-bond donors (Lipinski definition) is 3. The number of carbonyl (C=O) groups excluding carboxylic acids is 1. The van der Waals surface area contributed by atoms with E-state index < -0.39 is 17.5 Å². The normalized spacial score (nSPS) is 16.5. The molecule has 0 atom stereocenters. The maximum Gasteiger partial charge on any atom is 0.329 e. The molecule has 18 heavy (non-hydrogen) atoms. The summed E-state index contributed by atoms with van der Waals surface area (Å²) in [7, 11) is 0. The highest BCUT2D eigenvalue weighted by molar-refractivity contribution is 5.87. The van der Waals surface area contributed by atoms with E-state index in [0.717, 1.165) is 12.0 Å². The van der Waals surface area contributed by atoms with Gasteiger partial charge in [0.2, 0.25) is 0 Å². The summed E-state index contributed by atoms with van der Waals surface area (Å²) in [6.07, 6.45) is 1.80. The van der Waals surface area contributed by atoms with Crippen molar-refractivity contribution in [2.75, 3.05) is 19.8 Å². The molecule has 0 unspecified atom stereocenters. The van der Waals surface area contributed by atoms with Crippen molar-refractivity contribution in [1.82, 2.24) is 10.6 Å². The third kappa shape index (κ3) is 4.03. The monoisotopic (exact) mass is 256 g/mol. The van der Waals surface area contributed by atoms with Crippen LogP contribution in [0, 0.1) is 0 Å². The van der Waals surface area contributed by atoms with Crippen LogP contribution in [0.3, 0.4) is 0 Å². The quantitative estimate of drug-likeness (QED) is 0.466. The molecule has 0 spiro atoms. The average molecular weight is 256 g/mol. The maximum atomic E-state index is 11.5. The first kappa shape index (κ1) is 14.5. The van der Waals surface area contributed by atoms with Crippen molar-refractivity contribution in [2.45, 2.75) is 31.7 Å². The predicted molar refractivity (Wildman–Crippen MR) is 66.4 cm³/mol. The average Bonchev–Trinajstić information content (AvgIpc) is 2.22. The zero-order valence-corrected chi connectivity index (χ0v) is 10.6. The Hall–Kier alpha value is -1.56. The Labute approximate surface area is 106 Å². The Morgan fingerprint density at radius 1 is 1.44 bits per heavy atom. The van der Waals surface area contributed by atoms with Gasteiger partial charge in [-0.3, -0.25) is 0 Å². The highest BCUT2D eigenvalue weighted by Crippen LogP contribution is 2.31. The lowest BCUT2D eigenvalue weighted by atomic mass is 9.77. The van der Waals surface area contributed by atoms with Crippen LogP contribution in [0.15, 0.2) is 12.2 Å². The van der Waals surface area contributed by atoms with Gasteiger partial charge in [-0.15, -0.1) is 0 Å². The van der Waals surface area contributed by atoms with E-state index in [9.17, 15) is 9.59 Å². The van der Waals surface area contributed by atoms with Crippen LogP contribution in [-0.4, -0.2) is 42.4 Å². The van der Waals surface area contributed by atoms with Crippen LogP contribution in [0.1, 0.15) is 26.2 Å². The standard InChI is InChI=1S/C12H20N2O4/c1-9(2)8-18-7-6-13-11(17)14-12(10(15)16)4-3-5-12/h1,3-8H2,2H3,(H,15,16)(H2,13,14,17). The number of rotatable bonds is 7. The van der Waals surface area contributed by atoms with Crippen LogP contribution in [0.4, 0.5) is 4.79 Å². The first-order valence-electron chi connectivity index (χ1n) is 5.98. The maximum absolute atomic E-state index is 11.5. The van der Waals surface area contributed by atoms with E-state index >= 15 is 0 Å². The summed E-state index contributed by atoms with van der Waals surface area (Å²) in [6.45, 7) is 6.72. The minimum absolute atomic E-state index is 0.342. The van der Waals surface area contributed by atoms with Crippen molar-refractivity contribution >= 4 is 12.0 Å². The van der Waals surface area contributed by atoms with E-state index in [1.165, 1.54) is 0 Å². The summed E-state index contributed by atoms with van der Waals surface area (Å²) in [5.41, 5.74) is -0.151. The number of urea groups is 1. The second kappa shape index (κ2) is 6.39. The van der Waals surface area contributed by atoms with Gasteiger partial charge in [0.25, 0.3) is 0 Å². The van der Waals surface area contributed by atoms with Gasteiger partial charge in [0.15, 0.2) is 0 Å². The molecule has 0 aromatic rings. The summed E-state index contributed by atoms with van der Waals surface area (Å²) in [4.78, 5) is 22.5. The molecule has 102 valence electrons. The molecule has 0 radical (unpaired) electrons. The number of aliphatic carboxylic acids is 1. The molecule has 3 N–H and O–H groups in total. The van der Waals surface area contributed by atoms with Gasteiger partial charge in [0, 0.05) is 6.54 Å². The molecule has 1 fully saturated rings. The molecule has 1 saturated carbocycles. The van der Waals surface area contributed by atoms with Gasteiger partial charge in [-0.05, 0) is 26.2 Å². The topological polar surface area (TPSA) is 87.7 Å². The highest BCUT2D eigenvalue weighted by atomic mass is 16.5. The van der Waals surface area contributed by atoms with E-state index in [0.29, 0.717) is 32.6 Å². The van der Waals surface area contributed by atoms with Gasteiger partial charge in [-0.2, -0.15) is 0 Å². The van der Waals surface area contributed by atoms with Crippen molar-refractivity contribution in [3.05, 3.63) is 12.2 Å². The van der Waals surface area contributed by atoms with Crippen LogP contribution >= 0.6 is 0 Å². The Morgan fingerprint density at radius 2 is 2.11 bits per heavy atom. The number of carboxylic acids is 1. The van der Waals surface area contributed by atoms with Crippen molar-refractivity contribution in [1.29, 1.82) is 0 Å². The third-order valence-electron chi connectivity index (χ3n) is 2.85. The molecule has 0 aromatic carbocycles. The first-order chi connectivity index (χ1) is 8.46. The Kier molecular flexibility index (Phi) is 5.15. The Bertz CT molecular complexity index is 337. The molecule has 1 aliphatic rings. The SMILES string of the molecule is C=C(C)COCCNC(=O)NC1(C(=O)O)CCC1. The predicted octanol–water partition coefficient (Wildman–Crippen LogP) is 0.886. The lowest BCUT2D eigenvalue weighted by molar-refractivity contribution is -0.148. The van der Waals surface area contributed by atoms with Crippen molar-refractivity contribution in [2.24, 2.45) is 0 Å². The Morgan fingerprint density at radius 3 is 2.56 bits per heavy atom. The molecule has 0 heterocycles. The van der Waals surface area contributed by atoms with Gasteiger partial charge in [-0.1, -0.05) is 12.2 Å². The molecular formula is C12H20N2O4. The van der Waals surface area contributed by atoms with E-state index in [1.807, 2.05) is 6.92 Å². The molecule has 6 heteroatoms. The number of carbonyl (C=O) groups is 2. The lowest BCUT2D eigenvalue weighted by Gasteiger charge is -2.38. The summed E-state index contributed by atoms with van der Waals surface area (Å²) < 4.78 is 5.20. The molecule has 6 nitrogen and oxygen atoms in total. The second-order valence-corrected chi connectivity index (χ2v) is 4.63. The molecule has 1 aliphatic carbocycles. The zero-order valence-electron chi connectivity index (χ0n) is 10.6. The second-order valence-electron chi connectivity index (χ2n) is 4.63. The van der Waals surface area contributed by atoms with Gasteiger partial charge >= 0.3 is 12.0 Å². The van der Waals surface area contributed by atoms with E-state index in [4.69, 9.17) is 9.84 Å². The van der Waals surface area contributed by atoms with Crippen LogP contribution in [-0.2, 0) is 9.53 Å². The summed E-state index contributed by atoms with van der Waals surface area (Å²) in [5, 5.41) is 14.1. The molecule has 0 aromatic heterocycles. The molecule has 0 saturated heterocycles. The molecule has 0 aliphatic heterocycles. The highest BCUT2D eigenvalue weighted by Gasteiger charge is 2.45. The van der Waals surface area contributed by atoms with Crippen LogP contribution in [0.2, 0.25) is 0 Å². The van der Waals surface area contributed by atoms with Gasteiger partial charge in [0.1, 0.15) is 5.54 Å². The number of hydrogen-bond acceptors (Lipinski definition) is 3. The minimum atomic E-state index is -1.07. The van der Waals surface area contributed by atoms with Gasteiger partial charge in [-0.25, -0.2) is 9.59 Å². The van der Waals surface area contributed by atoms with E-state index in [2.05, 4.69) is 17.2 Å². The van der Waals surface area contributed by atoms with Crippen LogP contribution < -0.4 is 10.6 Å². The summed E-state index contributed by atoms with van der Waals surface area (Å²) >= 11 is 0. The molecule has 2 amide bonds. The fourth-order valence-corrected chi connectivity index (χ4v) is 1.67. The lowest BCUT2D eigenvalue weighted by Crippen LogP contribution is -2.61. The number of ether oxygens (including phenoxy) is 1. The van der Waals surface area contributed by atoms with Crippen molar-refractivity contribution < 1.29 is 19.4 Å². The van der Waals surface area contributed by atoms with Crippen LogP contribution in [0.5, 0.6) is 0 Å². The number of nitrogens with one attached hydrogen (secondary N) is 2. The van der Waals surface area contributed by atoms with E-state index in [-0.39, 0.29) is 0 Å². The van der Waals surface area contributed by atoms with Crippen molar-refractivity contribution in [3.63, 3.8) is 0 Å². The number of carboxylic acid groups (broad SMARTS) is 1. The van der Waals surface area contributed by atoms with Crippen LogP contribution in [0.25, 0.3) is 0 Å². The van der Waals surface area contributed by atoms with Gasteiger partial charge in [0.05, 0.1) is 13.2 Å². The first-order valence-corrected chi connectivity index (χ1v) is 5.98. The number of amides is 2. The molecule has 1 rings (SSSR count).